The highest BCUT2D eigenvalue weighted by Crippen LogP contribution is 2.24. The number of nitrogens with one attached hydrogen (secondary N) is 1. The van der Waals surface area contributed by atoms with Gasteiger partial charge < -0.3 is 14.8 Å². The summed E-state index contributed by atoms with van der Waals surface area (Å²) in [5.41, 5.74) is 1.04. The summed E-state index contributed by atoms with van der Waals surface area (Å²) < 4.78 is 5.24. The van der Waals surface area contributed by atoms with E-state index in [0.717, 1.165) is 10.5 Å². The fraction of sp³-hybridized carbons (Fsp3) is 0.118. The Kier molecular flexibility index (Phi) is 5.35. The number of esters is 1. The largest absolute Gasteiger partial charge is 0.477 e. The molecule has 0 bridgehead atoms. The Morgan fingerprint density at radius 3 is 2.58 bits per heavy atom. The van der Waals surface area contributed by atoms with Crippen LogP contribution >= 0.6 is 15.9 Å². The third kappa shape index (κ3) is 3.62. The lowest BCUT2D eigenvalue weighted by atomic mass is 9.99. The second-order valence-corrected chi connectivity index (χ2v) is 5.83. The van der Waals surface area contributed by atoms with Crippen LogP contribution in [0.15, 0.2) is 34.8 Å². The molecule has 7 heteroatoms. The first-order chi connectivity index (χ1) is 11.3. The van der Waals surface area contributed by atoms with Gasteiger partial charge in [-0.25, -0.2) is 9.59 Å². The van der Waals surface area contributed by atoms with Gasteiger partial charge in [-0.15, -0.1) is 0 Å². The van der Waals surface area contributed by atoms with Gasteiger partial charge in [0.15, 0.2) is 5.78 Å². The van der Waals surface area contributed by atoms with Crippen LogP contribution in [0.5, 0.6) is 0 Å². The highest BCUT2D eigenvalue weighted by molar-refractivity contribution is 9.10. The first-order valence-corrected chi connectivity index (χ1v) is 7.66. The monoisotopic (exact) mass is 391 g/mol. The van der Waals surface area contributed by atoms with E-state index in [9.17, 15) is 19.5 Å². The Labute approximate surface area is 146 Å². The van der Waals surface area contributed by atoms with Gasteiger partial charge in [-0.1, -0.05) is 28.1 Å². The molecule has 6 nitrogen and oxygen atoms in total. The standard InChI is InChI=1S/C17H14BrNO5/c1-9-14(16(21)10-4-3-5-11(18)8-10)12(6-7-13(20)24-2)19-15(9)17(22)23/h3-8,19H,1-2H3,(H,22,23). The molecule has 1 aromatic carbocycles. The molecular weight excluding hydrogens is 378 g/mol. The molecule has 1 aromatic heterocycles. The fourth-order valence-corrected chi connectivity index (χ4v) is 2.64. The first-order valence-electron chi connectivity index (χ1n) is 6.87. The number of carboxylic acids is 1. The van der Waals surface area contributed by atoms with Crippen LogP contribution in [0.4, 0.5) is 0 Å². The molecule has 1 heterocycles. The van der Waals surface area contributed by atoms with Crippen molar-refractivity contribution in [1.29, 1.82) is 0 Å². The summed E-state index contributed by atoms with van der Waals surface area (Å²) in [5.74, 6) is -2.14. The van der Waals surface area contributed by atoms with Gasteiger partial charge in [0.25, 0.3) is 0 Å². The highest BCUT2D eigenvalue weighted by Gasteiger charge is 2.23. The van der Waals surface area contributed by atoms with Gasteiger partial charge in [-0.2, -0.15) is 0 Å². The molecule has 2 aromatic rings. The zero-order chi connectivity index (χ0) is 17.9. The Bertz CT molecular complexity index is 851. The van der Waals surface area contributed by atoms with Crippen LogP contribution in [0.3, 0.4) is 0 Å². The minimum atomic E-state index is -1.19. The molecule has 0 saturated carbocycles. The number of ketones is 1. The molecule has 0 spiro atoms. The summed E-state index contributed by atoms with van der Waals surface area (Å²) in [7, 11) is 1.23. The van der Waals surface area contributed by atoms with Crippen LogP contribution < -0.4 is 0 Å². The molecule has 124 valence electrons. The molecule has 0 aliphatic carbocycles. The van der Waals surface area contributed by atoms with Crippen LogP contribution in [0.1, 0.15) is 37.7 Å². The number of carboxylic acid groups (broad SMARTS) is 1. The normalized spacial score (nSPS) is 10.8. The summed E-state index contributed by atoms with van der Waals surface area (Å²) in [4.78, 5) is 38.1. The van der Waals surface area contributed by atoms with Crippen molar-refractivity contribution in [2.75, 3.05) is 7.11 Å². The van der Waals surface area contributed by atoms with Crippen LogP contribution in [-0.2, 0) is 9.53 Å². The average Bonchev–Trinajstić information content (AvgIpc) is 2.88. The van der Waals surface area contributed by atoms with Crippen molar-refractivity contribution in [1.82, 2.24) is 4.98 Å². The van der Waals surface area contributed by atoms with Crippen molar-refractivity contribution in [2.24, 2.45) is 0 Å². The smallest absolute Gasteiger partial charge is 0.352 e. The van der Waals surface area contributed by atoms with Gasteiger partial charge in [0.2, 0.25) is 0 Å². The zero-order valence-corrected chi connectivity index (χ0v) is 14.5. The lowest BCUT2D eigenvalue weighted by Gasteiger charge is -2.03. The van der Waals surface area contributed by atoms with E-state index < -0.39 is 11.9 Å². The van der Waals surface area contributed by atoms with E-state index in [0.29, 0.717) is 11.1 Å². The van der Waals surface area contributed by atoms with E-state index in [1.54, 1.807) is 31.2 Å². The van der Waals surface area contributed by atoms with Crippen molar-refractivity contribution in [2.45, 2.75) is 6.92 Å². The second kappa shape index (κ2) is 7.27. The van der Waals surface area contributed by atoms with E-state index in [-0.39, 0.29) is 22.7 Å². The van der Waals surface area contributed by atoms with Gasteiger partial charge in [0, 0.05) is 16.1 Å². The maximum absolute atomic E-state index is 12.8. The topological polar surface area (TPSA) is 96.5 Å². The Morgan fingerprint density at radius 2 is 2.00 bits per heavy atom. The third-order valence-electron chi connectivity index (χ3n) is 3.39. The molecule has 0 unspecified atom stereocenters. The van der Waals surface area contributed by atoms with E-state index in [2.05, 4.69) is 25.7 Å². The van der Waals surface area contributed by atoms with Crippen molar-refractivity contribution < 1.29 is 24.2 Å². The predicted octanol–water partition coefficient (Wildman–Crippen LogP) is 3.20. The first kappa shape index (κ1) is 17.7. The van der Waals surface area contributed by atoms with E-state index in [1.165, 1.54) is 13.2 Å². The molecule has 0 atom stereocenters. The number of H-pyrrole nitrogens is 1. The van der Waals surface area contributed by atoms with E-state index in [1.807, 2.05) is 0 Å². The lowest BCUT2D eigenvalue weighted by Crippen LogP contribution is -2.05. The number of aromatic nitrogens is 1. The molecule has 0 saturated heterocycles. The quantitative estimate of drug-likeness (QED) is 0.463. The van der Waals surface area contributed by atoms with Crippen molar-refractivity contribution in [3.63, 3.8) is 0 Å². The van der Waals surface area contributed by atoms with Crippen molar-refractivity contribution >= 4 is 39.7 Å². The number of carbonyl (C=O) groups is 3. The molecule has 2 rings (SSSR count). The van der Waals surface area contributed by atoms with Gasteiger partial charge in [0.05, 0.1) is 18.4 Å². The summed E-state index contributed by atoms with van der Waals surface area (Å²) in [5, 5.41) is 9.26. The second-order valence-electron chi connectivity index (χ2n) is 4.91. The van der Waals surface area contributed by atoms with Gasteiger partial charge in [-0.05, 0) is 30.7 Å². The number of carbonyl (C=O) groups excluding carboxylic acids is 2. The van der Waals surface area contributed by atoms with Crippen molar-refractivity contribution in [3.8, 4) is 0 Å². The molecule has 0 amide bonds. The fourth-order valence-electron chi connectivity index (χ4n) is 2.24. The molecule has 0 radical (unpaired) electrons. The summed E-state index contributed by atoms with van der Waals surface area (Å²) in [6.45, 7) is 1.54. The number of rotatable bonds is 5. The summed E-state index contributed by atoms with van der Waals surface area (Å²) in [6, 6.07) is 6.76. The number of ether oxygens (including phenoxy) is 1. The average molecular weight is 392 g/mol. The van der Waals surface area contributed by atoms with Crippen LogP contribution in [0.25, 0.3) is 6.08 Å². The van der Waals surface area contributed by atoms with Gasteiger partial charge in [-0.3, -0.25) is 4.79 Å². The van der Waals surface area contributed by atoms with E-state index >= 15 is 0 Å². The number of methoxy groups -OCH3 is 1. The summed E-state index contributed by atoms with van der Waals surface area (Å²) >= 11 is 3.30. The molecule has 0 fully saturated rings. The number of aromatic carboxylic acids is 1. The zero-order valence-electron chi connectivity index (χ0n) is 12.9. The van der Waals surface area contributed by atoms with Crippen LogP contribution in [0.2, 0.25) is 0 Å². The van der Waals surface area contributed by atoms with Crippen LogP contribution in [-0.4, -0.2) is 34.9 Å². The van der Waals surface area contributed by atoms with Gasteiger partial charge in [0.1, 0.15) is 5.69 Å². The van der Waals surface area contributed by atoms with Crippen LogP contribution in [0, 0.1) is 6.92 Å². The minimum Gasteiger partial charge on any atom is -0.477 e. The predicted molar refractivity (Wildman–Crippen MR) is 91.1 cm³/mol. The maximum atomic E-state index is 12.8. The summed E-state index contributed by atoms with van der Waals surface area (Å²) in [6.07, 6.45) is 2.45. The molecular formula is C17H14BrNO5. The third-order valence-corrected chi connectivity index (χ3v) is 3.89. The molecule has 24 heavy (non-hydrogen) atoms. The lowest BCUT2D eigenvalue weighted by molar-refractivity contribution is -0.134. The maximum Gasteiger partial charge on any atom is 0.352 e. The number of aromatic amines is 1. The minimum absolute atomic E-state index is 0.0992. The molecule has 2 N–H and O–H groups in total. The Balaban J connectivity index is 2.58. The van der Waals surface area contributed by atoms with E-state index in [4.69, 9.17) is 0 Å². The highest BCUT2D eigenvalue weighted by atomic mass is 79.9. The SMILES string of the molecule is COC(=O)C=Cc1[nH]c(C(=O)O)c(C)c1C(=O)c1cccc(Br)c1. The number of hydrogen-bond acceptors (Lipinski definition) is 4. The Morgan fingerprint density at radius 1 is 1.29 bits per heavy atom. The number of hydrogen-bond donors (Lipinski definition) is 2. The number of benzene rings is 1. The van der Waals surface area contributed by atoms with Gasteiger partial charge >= 0.3 is 11.9 Å². The molecule has 0 aliphatic heterocycles. The molecule has 0 aliphatic rings. The van der Waals surface area contributed by atoms with Crippen molar-refractivity contribution in [3.05, 3.63) is 62.9 Å². The Hall–Kier alpha value is -2.67. The number of halogens is 1.